The van der Waals surface area contributed by atoms with Gasteiger partial charge in [0.25, 0.3) is 5.91 Å². The second-order valence-electron chi connectivity index (χ2n) is 6.19. The number of carbonyl (C=O) groups excluding carboxylic acids is 1. The van der Waals surface area contributed by atoms with E-state index in [4.69, 9.17) is 0 Å². The summed E-state index contributed by atoms with van der Waals surface area (Å²) < 4.78 is 2.16. The lowest BCUT2D eigenvalue weighted by molar-refractivity contribution is 0.0944. The maximum Gasteiger partial charge on any atom is 0.272 e. The van der Waals surface area contributed by atoms with E-state index in [1.54, 1.807) is 0 Å². The van der Waals surface area contributed by atoms with Crippen LogP contribution in [0.3, 0.4) is 0 Å². The van der Waals surface area contributed by atoms with Crippen molar-refractivity contribution in [3.63, 3.8) is 0 Å². The van der Waals surface area contributed by atoms with Crippen LogP contribution in [-0.4, -0.2) is 25.7 Å². The number of amides is 1. The summed E-state index contributed by atoms with van der Waals surface area (Å²) in [5.41, 5.74) is 3.44. The minimum absolute atomic E-state index is 0.184. The number of nitrogens with one attached hydrogen (secondary N) is 2. The van der Waals surface area contributed by atoms with Crippen molar-refractivity contribution in [2.24, 2.45) is 0 Å². The first-order valence-corrected chi connectivity index (χ1v) is 8.38. The predicted octanol–water partition coefficient (Wildman–Crippen LogP) is 3.22. The van der Waals surface area contributed by atoms with Crippen LogP contribution in [0.4, 0.5) is 0 Å². The molecule has 0 aliphatic heterocycles. The second-order valence-corrected chi connectivity index (χ2v) is 6.19. The fraction of sp³-hybridized carbons (Fsp3) is 0.389. The molecular formula is C18H23N5O. The maximum absolute atomic E-state index is 12.3. The first-order chi connectivity index (χ1) is 11.6. The summed E-state index contributed by atoms with van der Waals surface area (Å²) in [7, 11) is 0. The Morgan fingerprint density at radius 3 is 2.88 bits per heavy atom. The van der Waals surface area contributed by atoms with Crippen molar-refractivity contribution in [1.29, 1.82) is 0 Å². The van der Waals surface area contributed by atoms with Crippen LogP contribution in [0.25, 0.3) is 11.0 Å². The van der Waals surface area contributed by atoms with Crippen LogP contribution >= 0.6 is 0 Å². The summed E-state index contributed by atoms with van der Waals surface area (Å²) in [5, 5.41) is 9.91. The minimum Gasteiger partial charge on any atom is -0.343 e. The highest BCUT2D eigenvalue weighted by atomic mass is 16.1. The lowest BCUT2D eigenvalue weighted by atomic mass is 10.2. The molecule has 2 N–H and O–H groups in total. The van der Waals surface area contributed by atoms with Gasteiger partial charge in [0.2, 0.25) is 0 Å². The first kappa shape index (κ1) is 16.2. The van der Waals surface area contributed by atoms with Crippen molar-refractivity contribution in [3.8, 4) is 0 Å². The number of rotatable bonds is 6. The fourth-order valence-corrected chi connectivity index (χ4v) is 2.92. The Bertz CT molecular complexity index is 846. The van der Waals surface area contributed by atoms with Crippen molar-refractivity contribution in [2.45, 2.75) is 46.2 Å². The van der Waals surface area contributed by atoms with Crippen molar-refractivity contribution in [1.82, 2.24) is 25.1 Å². The number of benzene rings is 1. The molecule has 0 saturated carbocycles. The zero-order chi connectivity index (χ0) is 17.1. The molecule has 24 heavy (non-hydrogen) atoms. The van der Waals surface area contributed by atoms with E-state index in [1.807, 2.05) is 24.3 Å². The Hall–Kier alpha value is -2.63. The van der Waals surface area contributed by atoms with E-state index in [2.05, 4.69) is 51.9 Å². The molecule has 1 aromatic carbocycles. The number of para-hydroxylation sites is 2. The van der Waals surface area contributed by atoms with Gasteiger partial charge in [-0.1, -0.05) is 25.5 Å². The van der Waals surface area contributed by atoms with Gasteiger partial charge in [-0.2, -0.15) is 5.10 Å². The summed E-state index contributed by atoms with van der Waals surface area (Å²) in [4.78, 5) is 17.0. The number of nitrogens with zero attached hydrogens (tertiary/aromatic N) is 3. The topological polar surface area (TPSA) is 75.6 Å². The number of aryl methyl sites for hydroxylation is 1. The normalized spacial score (nSPS) is 11.3. The molecule has 0 aliphatic rings. The quantitative estimate of drug-likeness (QED) is 0.730. The molecule has 0 aliphatic carbocycles. The van der Waals surface area contributed by atoms with E-state index in [-0.39, 0.29) is 11.9 Å². The largest absolute Gasteiger partial charge is 0.343 e. The second kappa shape index (κ2) is 6.86. The van der Waals surface area contributed by atoms with E-state index in [0.29, 0.717) is 12.2 Å². The molecule has 3 aromatic rings. The number of H-pyrrole nitrogens is 1. The van der Waals surface area contributed by atoms with E-state index >= 15 is 0 Å². The Morgan fingerprint density at radius 1 is 1.33 bits per heavy atom. The average molecular weight is 325 g/mol. The number of carbonyl (C=O) groups is 1. The molecule has 3 rings (SSSR count). The molecule has 0 fully saturated rings. The Balaban J connectivity index is 1.77. The fourth-order valence-electron chi connectivity index (χ4n) is 2.92. The van der Waals surface area contributed by atoms with Crippen molar-refractivity contribution < 1.29 is 4.79 Å². The third-order valence-electron chi connectivity index (χ3n) is 3.98. The summed E-state index contributed by atoms with van der Waals surface area (Å²) in [5.74, 6) is 0.667. The molecule has 6 nitrogen and oxygen atoms in total. The maximum atomic E-state index is 12.3. The molecule has 0 unspecified atom stereocenters. The molecule has 126 valence electrons. The summed E-state index contributed by atoms with van der Waals surface area (Å²) in [6.45, 7) is 6.70. The van der Waals surface area contributed by atoms with E-state index < -0.39 is 0 Å². The molecule has 0 atom stereocenters. The SMILES string of the molecule is CCCc1cc(C(=O)NCc2nc3ccccc3n2C(C)C)n[nH]1. The van der Waals surface area contributed by atoms with Gasteiger partial charge in [0, 0.05) is 11.7 Å². The van der Waals surface area contributed by atoms with Crippen LogP contribution in [0.5, 0.6) is 0 Å². The molecular weight excluding hydrogens is 302 g/mol. The summed E-state index contributed by atoms with van der Waals surface area (Å²) in [6, 6.07) is 10.1. The van der Waals surface area contributed by atoms with E-state index in [0.717, 1.165) is 35.4 Å². The number of aromatic nitrogens is 4. The Morgan fingerprint density at radius 2 is 2.12 bits per heavy atom. The summed E-state index contributed by atoms with van der Waals surface area (Å²) in [6.07, 6.45) is 1.91. The molecule has 0 bridgehead atoms. The lowest BCUT2D eigenvalue weighted by Gasteiger charge is -2.13. The highest BCUT2D eigenvalue weighted by Crippen LogP contribution is 2.20. The highest BCUT2D eigenvalue weighted by molar-refractivity contribution is 5.92. The van der Waals surface area contributed by atoms with Crippen molar-refractivity contribution >= 4 is 16.9 Å². The van der Waals surface area contributed by atoms with Crippen LogP contribution in [0.1, 0.15) is 55.2 Å². The molecule has 1 amide bonds. The lowest BCUT2D eigenvalue weighted by Crippen LogP contribution is -2.25. The predicted molar refractivity (Wildman–Crippen MR) is 93.9 cm³/mol. The van der Waals surface area contributed by atoms with Crippen LogP contribution in [0.15, 0.2) is 30.3 Å². The Labute approximate surface area is 141 Å². The molecule has 6 heteroatoms. The number of fused-ring (bicyclic) bond motifs is 1. The number of imidazole rings is 1. The van der Waals surface area contributed by atoms with Gasteiger partial charge in [-0.3, -0.25) is 9.89 Å². The smallest absolute Gasteiger partial charge is 0.272 e. The third kappa shape index (κ3) is 3.18. The Kier molecular flexibility index (Phi) is 4.64. The van der Waals surface area contributed by atoms with Gasteiger partial charge in [-0.05, 0) is 38.5 Å². The standard InChI is InChI=1S/C18H23N5O/c1-4-7-13-10-15(22-21-13)18(24)19-11-17-20-14-8-5-6-9-16(14)23(17)12(2)3/h5-6,8-10,12H,4,7,11H2,1-3H3,(H,19,24)(H,21,22). The van der Waals surface area contributed by atoms with Gasteiger partial charge >= 0.3 is 0 Å². The van der Waals surface area contributed by atoms with Crippen LogP contribution in [0.2, 0.25) is 0 Å². The van der Waals surface area contributed by atoms with Gasteiger partial charge in [0.1, 0.15) is 11.5 Å². The first-order valence-electron chi connectivity index (χ1n) is 8.38. The number of hydrogen-bond acceptors (Lipinski definition) is 3. The van der Waals surface area contributed by atoms with Gasteiger partial charge < -0.3 is 9.88 Å². The minimum atomic E-state index is -0.184. The number of hydrogen-bond donors (Lipinski definition) is 2. The zero-order valence-corrected chi connectivity index (χ0v) is 14.3. The van der Waals surface area contributed by atoms with Crippen LogP contribution in [0, 0.1) is 0 Å². The average Bonchev–Trinajstić information content (AvgIpc) is 3.17. The van der Waals surface area contributed by atoms with E-state index in [1.165, 1.54) is 0 Å². The molecule has 0 spiro atoms. The van der Waals surface area contributed by atoms with Gasteiger partial charge in [0.05, 0.1) is 17.6 Å². The van der Waals surface area contributed by atoms with Crippen LogP contribution < -0.4 is 5.32 Å². The molecule has 2 aromatic heterocycles. The van der Waals surface area contributed by atoms with Crippen molar-refractivity contribution in [2.75, 3.05) is 0 Å². The zero-order valence-electron chi connectivity index (χ0n) is 14.3. The third-order valence-corrected chi connectivity index (χ3v) is 3.98. The van der Waals surface area contributed by atoms with E-state index in [9.17, 15) is 4.79 Å². The van der Waals surface area contributed by atoms with Crippen LogP contribution in [-0.2, 0) is 13.0 Å². The van der Waals surface area contributed by atoms with Gasteiger partial charge in [-0.25, -0.2) is 4.98 Å². The molecule has 0 radical (unpaired) electrons. The highest BCUT2D eigenvalue weighted by Gasteiger charge is 2.15. The number of aromatic amines is 1. The van der Waals surface area contributed by atoms with Gasteiger partial charge in [-0.15, -0.1) is 0 Å². The van der Waals surface area contributed by atoms with Gasteiger partial charge in [0.15, 0.2) is 0 Å². The molecule has 2 heterocycles. The van der Waals surface area contributed by atoms with Crippen molar-refractivity contribution in [3.05, 3.63) is 47.5 Å². The monoisotopic (exact) mass is 325 g/mol. The molecule has 0 saturated heterocycles. The summed E-state index contributed by atoms with van der Waals surface area (Å²) >= 11 is 0.